The minimum absolute atomic E-state index is 0.00150. The number of alkyl halides is 3. The lowest BCUT2D eigenvalue weighted by Crippen LogP contribution is -2.18. The molecule has 0 saturated carbocycles. The molecule has 1 aromatic heterocycles. The molecule has 11 heteroatoms. The molecule has 2 rings (SSSR count). The lowest BCUT2D eigenvalue weighted by molar-refractivity contribution is -0.137. The number of carbonyl (C=O) groups is 1. The van der Waals surface area contributed by atoms with E-state index in [0.717, 1.165) is 24.4 Å². The largest absolute Gasteiger partial charge is 0.417 e. The molecule has 31 heavy (non-hydrogen) atoms. The van der Waals surface area contributed by atoms with Crippen molar-refractivity contribution >= 4 is 44.7 Å². The average molecular weight is 491 g/mol. The number of pyridine rings is 1. The van der Waals surface area contributed by atoms with E-state index in [1.807, 2.05) is 0 Å². The van der Waals surface area contributed by atoms with Crippen molar-refractivity contribution in [1.29, 1.82) is 0 Å². The lowest BCUT2D eigenvalue weighted by atomic mass is 10.1. The molecule has 0 aliphatic rings. The lowest BCUT2D eigenvalue weighted by Gasteiger charge is -2.14. The number of Topliss-reactive ketones (excluding diaryl/α,β-unsaturated/α-hetero) is 1. The maximum atomic E-state index is 13.1. The van der Waals surface area contributed by atoms with Crippen LogP contribution in [0.1, 0.15) is 23.0 Å². The fourth-order valence-electron chi connectivity index (χ4n) is 2.44. The molecule has 5 nitrogen and oxygen atoms in total. The van der Waals surface area contributed by atoms with Crippen molar-refractivity contribution < 1.29 is 26.4 Å². The van der Waals surface area contributed by atoms with Gasteiger partial charge in [0.05, 0.1) is 26.2 Å². The third-order valence-corrected chi connectivity index (χ3v) is 5.67. The molecule has 0 radical (unpaired) electrons. The van der Waals surface area contributed by atoms with Crippen LogP contribution in [0.4, 0.5) is 18.9 Å². The van der Waals surface area contributed by atoms with Gasteiger partial charge in [0.25, 0.3) is 10.0 Å². The van der Waals surface area contributed by atoms with E-state index in [0.29, 0.717) is 6.07 Å². The summed E-state index contributed by atoms with van der Waals surface area (Å²) in [5, 5.41) is -0.654. The second-order valence-electron chi connectivity index (χ2n) is 5.98. The molecule has 0 aliphatic heterocycles. The molecule has 2 aromatic rings. The van der Waals surface area contributed by atoms with Crippen molar-refractivity contribution in [1.82, 2.24) is 4.98 Å². The number of aromatic nitrogens is 1. The smallest absolute Gasteiger partial charge is 0.287 e. The number of rotatable bonds is 7. The highest BCUT2D eigenvalue weighted by atomic mass is 35.5. The average Bonchev–Trinajstić information content (AvgIpc) is 2.66. The highest BCUT2D eigenvalue weighted by molar-refractivity contribution is 7.92. The predicted molar refractivity (Wildman–Crippen MR) is 114 cm³/mol. The first-order chi connectivity index (χ1) is 14.4. The molecule has 1 N–H and O–H groups in total. The summed E-state index contributed by atoms with van der Waals surface area (Å²) < 4.78 is 66.9. The Kier molecular flexibility index (Phi) is 7.69. The van der Waals surface area contributed by atoms with Crippen LogP contribution in [0, 0.1) is 0 Å². The van der Waals surface area contributed by atoms with E-state index in [-0.39, 0.29) is 22.0 Å². The van der Waals surface area contributed by atoms with Gasteiger partial charge < -0.3 is 0 Å². The highest BCUT2D eigenvalue weighted by Crippen LogP contribution is 2.36. The fraction of sp³-hybridized carbons (Fsp3) is 0.100. The number of anilines is 1. The summed E-state index contributed by atoms with van der Waals surface area (Å²) in [4.78, 5) is 16.0. The molecule has 0 unspecified atom stereocenters. The van der Waals surface area contributed by atoms with Gasteiger partial charge in [-0.1, -0.05) is 54.1 Å². The van der Waals surface area contributed by atoms with Crippen molar-refractivity contribution in [3.05, 3.63) is 88.2 Å². The van der Waals surface area contributed by atoms with Crippen LogP contribution in [0.25, 0.3) is 0 Å². The third-order valence-electron chi connectivity index (χ3n) is 3.77. The fourth-order valence-corrected chi connectivity index (χ4v) is 3.91. The Labute approximate surface area is 186 Å². The van der Waals surface area contributed by atoms with Gasteiger partial charge in [-0.25, -0.2) is 13.4 Å². The molecular formula is C20H15Cl2F3N2O3S. The Morgan fingerprint density at radius 3 is 2.48 bits per heavy atom. The van der Waals surface area contributed by atoms with Crippen molar-refractivity contribution in [2.45, 2.75) is 18.0 Å². The topological polar surface area (TPSA) is 76.1 Å². The van der Waals surface area contributed by atoms with E-state index in [4.69, 9.17) is 23.2 Å². The zero-order valence-corrected chi connectivity index (χ0v) is 18.2. The van der Waals surface area contributed by atoms with Crippen molar-refractivity contribution in [3.63, 3.8) is 0 Å². The van der Waals surface area contributed by atoms with E-state index in [9.17, 15) is 26.4 Å². The number of carbonyl (C=O) groups excluding carboxylic acids is 1. The zero-order chi connectivity index (χ0) is 23.4. The summed E-state index contributed by atoms with van der Waals surface area (Å²) in [5.74, 6) is -0.653. The molecule has 0 atom stereocenters. The summed E-state index contributed by atoms with van der Waals surface area (Å²) in [6.07, 6.45) is 2.08. The van der Waals surface area contributed by atoms with Crippen LogP contribution in [-0.2, 0) is 16.2 Å². The molecule has 1 aromatic carbocycles. The van der Waals surface area contributed by atoms with E-state index in [1.165, 1.54) is 18.2 Å². The molecule has 1 heterocycles. The van der Waals surface area contributed by atoms with Crippen LogP contribution in [0.15, 0.2) is 71.8 Å². The minimum atomic E-state index is -4.86. The van der Waals surface area contributed by atoms with Crippen LogP contribution in [0.3, 0.4) is 0 Å². The van der Waals surface area contributed by atoms with Gasteiger partial charge in [0.15, 0.2) is 0 Å². The molecule has 0 spiro atoms. The van der Waals surface area contributed by atoms with E-state index in [1.54, 1.807) is 13.0 Å². The number of hydrogen-bond donors (Lipinski definition) is 1. The molecule has 0 saturated heterocycles. The number of nitrogens with zero attached hydrogens (tertiary/aromatic N) is 1. The number of benzene rings is 1. The van der Waals surface area contributed by atoms with Gasteiger partial charge in [0, 0.05) is 11.8 Å². The summed E-state index contributed by atoms with van der Waals surface area (Å²) in [6.45, 7) is 5.18. The van der Waals surface area contributed by atoms with Gasteiger partial charge in [-0.2, -0.15) is 13.2 Å². The van der Waals surface area contributed by atoms with Gasteiger partial charge in [-0.15, -0.1) is 0 Å². The normalized spacial score (nSPS) is 12.8. The van der Waals surface area contributed by atoms with Gasteiger partial charge in [-0.3, -0.25) is 9.52 Å². The molecular weight excluding hydrogens is 476 g/mol. The van der Waals surface area contributed by atoms with E-state index >= 15 is 0 Å². The molecule has 0 bridgehead atoms. The quantitative estimate of drug-likeness (QED) is 0.290. The Morgan fingerprint density at radius 2 is 1.90 bits per heavy atom. The third kappa shape index (κ3) is 5.96. The Balaban J connectivity index is 2.56. The Bertz CT molecular complexity index is 1190. The maximum Gasteiger partial charge on any atom is 0.417 e. The van der Waals surface area contributed by atoms with Crippen LogP contribution < -0.4 is 4.72 Å². The summed E-state index contributed by atoms with van der Waals surface area (Å²) >= 11 is 11.4. The summed E-state index contributed by atoms with van der Waals surface area (Å²) in [5.41, 5.74) is -1.77. The van der Waals surface area contributed by atoms with Gasteiger partial charge in [-0.05, 0) is 31.2 Å². The summed E-state index contributed by atoms with van der Waals surface area (Å²) in [7, 11) is -4.55. The first-order valence-corrected chi connectivity index (χ1v) is 10.7. The van der Waals surface area contributed by atoms with Crippen molar-refractivity contribution in [2.24, 2.45) is 0 Å². The number of allylic oxidation sites excluding steroid dienone is 5. The predicted octanol–water partition coefficient (Wildman–Crippen LogP) is 6.08. The van der Waals surface area contributed by atoms with Crippen LogP contribution >= 0.6 is 23.2 Å². The number of halogens is 5. The monoisotopic (exact) mass is 490 g/mol. The number of ketones is 1. The molecule has 164 valence electrons. The summed E-state index contributed by atoms with van der Waals surface area (Å²) in [6, 6.07) is 3.24. The zero-order valence-electron chi connectivity index (χ0n) is 15.9. The molecule has 0 amide bonds. The van der Waals surface area contributed by atoms with Gasteiger partial charge in [0.1, 0.15) is 5.69 Å². The minimum Gasteiger partial charge on any atom is -0.287 e. The second-order valence-corrected chi connectivity index (χ2v) is 8.51. The van der Waals surface area contributed by atoms with Crippen LogP contribution in [0.2, 0.25) is 10.0 Å². The molecule has 0 fully saturated rings. The van der Waals surface area contributed by atoms with E-state index in [2.05, 4.69) is 16.3 Å². The Morgan fingerprint density at radius 1 is 1.23 bits per heavy atom. The van der Waals surface area contributed by atoms with Crippen LogP contribution in [-0.4, -0.2) is 19.2 Å². The number of hydrogen-bond acceptors (Lipinski definition) is 4. The van der Waals surface area contributed by atoms with Crippen molar-refractivity contribution in [3.8, 4) is 0 Å². The SMILES string of the molecule is C=C/C=C(\C=C/C)C(=O)c1ncc(Cl)cc1NS(=O)(=O)c1ccc(Cl)c(C(F)(F)F)c1. The number of nitrogens with one attached hydrogen (secondary N) is 1. The van der Waals surface area contributed by atoms with E-state index < -0.39 is 37.5 Å². The standard InChI is InChI=1S/C20H15Cl2F3N2O3S/c1-3-5-12(6-4-2)19(28)18-17(9-13(21)11-26-18)27-31(29,30)14-7-8-16(22)15(10-14)20(23,24)25/h3-11,27H,1H2,2H3/b6-4-,12-5+. The molecule has 0 aliphatic carbocycles. The van der Waals surface area contributed by atoms with Gasteiger partial charge in [0.2, 0.25) is 5.78 Å². The van der Waals surface area contributed by atoms with Crippen molar-refractivity contribution in [2.75, 3.05) is 4.72 Å². The maximum absolute atomic E-state index is 13.1. The Hall–Kier alpha value is -2.62. The van der Waals surface area contributed by atoms with Gasteiger partial charge >= 0.3 is 6.18 Å². The van der Waals surface area contributed by atoms with Crippen LogP contribution in [0.5, 0.6) is 0 Å². The first-order valence-electron chi connectivity index (χ1n) is 8.46. The second kappa shape index (κ2) is 9.67. The highest BCUT2D eigenvalue weighted by Gasteiger charge is 2.34. The number of sulfonamides is 1. The first kappa shape index (κ1) is 24.6.